The van der Waals surface area contributed by atoms with Crippen molar-refractivity contribution in [2.75, 3.05) is 66.5 Å². The number of aliphatic hydroxyl groups is 1. The van der Waals surface area contributed by atoms with Crippen LogP contribution < -0.4 is 9.47 Å². The molecule has 0 aliphatic carbocycles. The number of carbonyl (C=O) groups excluding carboxylic acids is 2. The predicted octanol–water partition coefficient (Wildman–Crippen LogP) is 2.29. The Morgan fingerprint density at radius 3 is 2.51 bits per heavy atom. The lowest BCUT2D eigenvalue weighted by molar-refractivity contribution is -0.157. The number of nitrogens with zero attached hydrogens (tertiary/aromatic N) is 2. The maximum Gasteiger partial charge on any atom is 0.337 e. The van der Waals surface area contributed by atoms with Crippen molar-refractivity contribution in [1.82, 2.24) is 9.80 Å². The fourth-order valence-electron chi connectivity index (χ4n) is 5.09. The van der Waals surface area contributed by atoms with E-state index in [0.29, 0.717) is 31.7 Å². The van der Waals surface area contributed by atoms with Gasteiger partial charge in [0.25, 0.3) is 5.91 Å². The summed E-state index contributed by atoms with van der Waals surface area (Å²) >= 11 is 0. The molecule has 3 aliphatic heterocycles. The van der Waals surface area contributed by atoms with Crippen LogP contribution in [0.4, 0.5) is 0 Å². The number of allylic oxidation sites excluding steroid dienone is 1. The second-order valence-corrected chi connectivity index (χ2v) is 10.00. The van der Waals surface area contributed by atoms with Crippen molar-refractivity contribution in [3.63, 3.8) is 0 Å². The van der Waals surface area contributed by atoms with Crippen molar-refractivity contribution in [3.8, 4) is 11.5 Å². The van der Waals surface area contributed by atoms with Gasteiger partial charge in [-0.1, -0.05) is 18.2 Å². The fraction of sp³-hybridized carbons (Fsp3) is 0.467. The molecule has 41 heavy (non-hydrogen) atoms. The minimum absolute atomic E-state index is 0.0606. The van der Waals surface area contributed by atoms with Crippen LogP contribution in [0.25, 0.3) is 0 Å². The summed E-state index contributed by atoms with van der Waals surface area (Å²) in [5.74, 6) is 1.06. The molecule has 1 amide bonds. The Labute approximate surface area is 239 Å². The van der Waals surface area contributed by atoms with Gasteiger partial charge in [-0.2, -0.15) is 0 Å². The predicted molar refractivity (Wildman–Crippen MR) is 146 cm³/mol. The van der Waals surface area contributed by atoms with E-state index < -0.39 is 12.3 Å². The molecule has 0 saturated carbocycles. The van der Waals surface area contributed by atoms with Gasteiger partial charge in [0.2, 0.25) is 13.1 Å². The van der Waals surface area contributed by atoms with Gasteiger partial charge in [-0.25, -0.2) is 4.79 Å². The number of fused-ring (bicyclic) bond motifs is 1. The molecule has 11 heteroatoms. The quantitative estimate of drug-likeness (QED) is 0.320. The standard InChI is InChI=1S/C30H36N2O9/c1-36-30(35)23-5-3-22(4-6-23)24-17-27(41-28(18-24)38-15-14-37-13-12-33)29(34)32-10-8-31(9-11-32)19-21-2-7-25-26(16-21)40-20-39-25/h2-7,16-17,24,28,33H,8-15,18-20H2,1H3. The number of benzene rings is 2. The Morgan fingerprint density at radius 1 is 0.976 bits per heavy atom. The van der Waals surface area contributed by atoms with E-state index in [4.69, 9.17) is 33.5 Å². The van der Waals surface area contributed by atoms with Crippen LogP contribution in [0.3, 0.4) is 0 Å². The number of aliphatic hydroxyl groups excluding tert-OH is 1. The number of rotatable bonds is 11. The van der Waals surface area contributed by atoms with E-state index in [2.05, 4.69) is 4.90 Å². The topological polar surface area (TPSA) is 116 Å². The van der Waals surface area contributed by atoms with Gasteiger partial charge in [0.05, 0.1) is 39.1 Å². The molecule has 3 aliphatic rings. The lowest BCUT2D eigenvalue weighted by Gasteiger charge is -2.36. The Balaban J connectivity index is 1.22. The van der Waals surface area contributed by atoms with E-state index in [1.54, 1.807) is 12.1 Å². The van der Waals surface area contributed by atoms with E-state index in [9.17, 15) is 9.59 Å². The van der Waals surface area contributed by atoms with E-state index in [0.717, 1.165) is 42.3 Å². The maximum atomic E-state index is 13.6. The Morgan fingerprint density at radius 2 is 1.76 bits per heavy atom. The second-order valence-electron chi connectivity index (χ2n) is 10.00. The Kier molecular flexibility index (Phi) is 9.73. The van der Waals surface area contributed by atoms with Gasteiger partial charge in [-0.15, -0.1) is 0 Å². The number of ether oxygens (including phenoxy) is 6. The summed E-state index contributed by atoms with van der Waals surface area (Å²) in [6.07, 6.45) is 1.70. The number of carbonyl (C=O) groups is 2. The van der Waals surface area contributed by atoms with Crippen LogP contribution in [0.5, 0.6) is 11.5 Å². The molecular weight excluding hydrogens is 532 g/mol. The zero-order chi connectivity index (χ0) is 28.6. The smallest absolute Gasteiger partial charge is 0.337 e. The Bertz CT molecular complexity index is 1220. The highest BCUT2D eigenvalue weighted by molar-refractivity contribution is 5.92. The van der Waals surface area contributed by atoms with Crippen molar-refractivity contribution in [2.45, 2.75) is 25.2 Å². The van der Waals surface area contributed by atoms with Gasteiger partial charge in [0.1, 0.15) is 0 Å². The maximum absolute atomic E-state index is 13.6. The van der Waals surface area contributed by atoms with Crippen LogP contribution in [0.15, 0.2) is 54.3 Å². The van der Waals surface area contributed by atoms with Crippen LogP contribution in [0.1, 0.15) is 33.8 Å². The average molecular weight is 569 g/mol. The van der Waals surface area contributed by atoms with Crippen LogP contribution in [0, 0.1) is 0 Å². The summed E-state index contributed by atoms with van der Waals surface area (Å²) in [5.41, 5.74) is 2.53. The molecule has 2 unspecified atom stereocenters. The minimum Gasteiger partial charge on any atom is -0.465 e. The number of esters is 1. The van der Waals surface area contributed by atoms with Crippen molar-refractivity contribution in [1.29, 1.82) is 0 Å². The minimum atomic E-state index is -0.644. The van der Waals surface area contributed by atoms with E-state index in [1.165, 1.54) is 7.11 Å². The molecule has 0 spiro atoms. The second kappa shape index (κ2) is 13.8. The van der Waals surface area contributed by atoms with Gasteiger partial charge >= 0.3 is 5.97 Å². The first-order chi connectivity index (χ1) is 20.0. The first kappa shape index (κ1) is 28.9. The molecule has 220 valence electrons. The van der Waals surface area contributed by atoms with E-state index in [-0.39, 0.29) is 44.2 Å². The molecule has 2 aromatic rings. The molecule has 1 saturated heterocycles. The summed E-state index contributed by atoms with van der Waals surface area (Å²) in [7, 11) is 1.35. The van der Waals surface area contributed by atoms with Gasteiger partial charge < -0.3 is 38.4 Å². The highest BCUT2D eigenvalue weighted by Gasteiger charge is 2.32. The molecule has 2 aromatic carbocycles. The molecule has 0 aromatic heterocycles. The molecule has 5 rings (SSSR count). The fourth-order valence-corrected chi connectivity index (χ4v) is 5.09. The highest BCUT2D eigenvalue weighted by Crippen LogP contribution is 2.34. The zero-order valence-electron chi connectivity index (χ0n) is 23.2. The number of hydrogen-bond acceptors (Lipinski definition) is 10. The third-order valence-electron chi connectivity index (χ3n) is 7.30. The van der Waals surface area contributed by atoms with Crippen molar-refractivity contribution in [3.05, 3.63) is 71.0 Å². The number of piperazine rings is 1. The number of amides is 1. The van der Waals surface area contributed by atoms with Crippen molar-refractivity contribution in [2.24, 2.45) is 0 Å². The summed E-state index contributed by atoms with van der Waals surface area (Å²) in [4.78, 5) is 29.6. The number of hydrogen-bond donors (Lipinski definition) is 1. The van der Waals surface area contributed by atoms with Gasteiger partial charge in [0.15, 0.2) is 17.3 Å². The normalized spacial score (nSPS) is 20.3. The third kappa shape index (κ3) is 7.36. The molecule has 0 bridgehead atoms. The van der Waals surface area contributed by atoms with Crippen molar-refractivity contribution >= 4 is 11.9 Å². The summed E-state index contributed by atoms with van der Waals surface area (Å²) in [6, 6.07) is 13.1. The Hall–Kier alpha value is -3.64. The largest absolute Gasteiger partial charge is 0.465 e. The molecule has 1 fully saturated rings. The first-order valence-corrected chi connectivity index (χ1v) is 13.8. The molecule has 11 nitrogen and oxygen atoms in total. The van der Waals surface area contributed by atoms with Crippen LogP contribution in [-0.2, 0) is 30.3 Å². The lowest BCUT2D eigenvalue weighted by Crippen LogP contribution is -2.49. The number of methoxy groups -OCH3 is 1. The highest BCUT2D eigenvalue weighted by atomic mass is 16.7. The van der Waals surface area contributed by atoms with Gasteiger partial charge in [-0.3, -0.25) is 9.69 Å². The average Bonchev–Trinajstić information content (AvgIpc) is 3.48. The molecule has 2 atom stereocenters. The van der Waals surface area contributed by atoms with Crippen LogP contribution in [-0.4, -0.2) is 99.6 Å². The van der Waals surface area contributed by atoms with Crippen LogP contribution in [0.2, 0.25) is 0 Å². The van der Waals surface area contributed by atoms with E-state index in [1.807, 2.05) is 41.3 Å². The first-order valence-electron chi connectivity index (χ1n) is 13.8. The summed E-state index contributed by atoms with van der Waals surface area (Å²) in [5, 5.41) is 8.91. The molecule has 3 heterocycles. The van der Waals surface area contributed by atoms with Gasteiger partial charge in [-0.05, 0) is 41.5 Å². The molecule has 1 N–H and O–H groups in total. The zero-order valence-corrected chi connectivity index (χ0v) is 23.2. The van der Waals surface area contributed by atoms with E-state index >= 15 is 0 Å². The summed E-state index contributed by atoms with van der Waals surface area (Å²) < 4.78 is 32.9. The SMILES string of the molecule is COC(=O)c1ccc(C2C=C(C(=O)N3CCN(Cc4ccc5c(c4)OCO5)CC3)OC(OCCOCCO)C2)cc1. The molecule has 0 radical (unpaired) electrons. The third-order valence-corrected chi connectivity index (χ3v) is 7.30. The van der Waals surface area contributed by atoms with Crippen LogP contribution >= 0.6 is 0 Å². The molecular formula is C30H36N2O9. The lowest BCUT2D eigenvalue weighted by atomic mass is 9.92. The summed E-state index contributed by atoms with van der Waals surface area (Å²) in [6.45, 7) is 4.35. The van der Waals surface area contributed by atoms with Gasteiger partial charge in [0, 0.05) is 45.1 Å². The monoisotopic (exact) mass is 568 g/mol. The van der Waals surface area contributed by atoms with Crippen molar-refractivity contribution < 1.29 is 43.1 Å².